The molecule has 1 aromatic rings. The van der Waals surface area contributed by atoms with Crippen LogP contribution in [0.2, 0.25) is 0 Å². The first-order chi connectivity index (χ1) is 11.5. The number of aromatic nitrogens is 2. The van der Waals surface area contributed by atoms with Gasteiger partial charge in [0.2, 0.25) is 0 Å². The van der Waals surface area contributed by atoms with E-state index >= 15 is 0 Å². The Bertz CT molecular complexity index is 622. The van der Waals surface area contributed by atoms with Gasteiger partial charge in [-0.05, 0) is 18.8 Å². The van der Waals surface area contributed by atoms with E-state index in [0.29, 0.717) is 5.92 Å². The number of urea groups is 1. The van der Waals surface area contributed by atoms with Crippen LogP contribution >= 0.6 is 0 Å². The zero-order chi connectivity index (χ0) is 17.5. The summed E-state index contributed by atoms with van der Waals surface area (Å²) in [7, 11) is 0. The number of nitrogens with two attached hydrogens (primary N) is 1. The van der Waals surface area contributed by atoms with Crippen LogP contribution in [-0.4, -0.2) is 40.5 Å². The highest BCUT2D eigenvalue weighted by Crippen LogP contribution is 2.23. The second-order valence-electron chi connectivity index (χ2n) is 5.76. The van der Waals surface area contributed by atoms with Gasteiger partial charge in [0.25, 0.3) is 5.91 Å². The van der Waals surface area contributed by atoms with Crippen molar-refractivity contribution in [1.29, 1.82) is 0 Å². The van der Waals surface area contributed by atoms with E-state index in [9.17, 15) is 14.4 Å². The third kappa shape index (κ3) is 4.90. The molecule has 1 aromatic heterocycles. The Hall–Kier alpha value is -2.71. The van der Waals surface area contributed by atoms with E-state index in [0.717, 1.165) is 25.7 Å². The minimum Gasteiger partial charge on any atom is -0.451 e. The zero-order valence-electron chi connectivity index (χ0n) is 13.4. The van der Waals surface area contributed by atoms with E-state index in [1.165, 1.54) is 12.4 Å². The summed E-state index contributed by atoms with van der Waals surface area (Å²) in [5.41, 5.74) is 5.31. The molecule has 0 bridgehead atoms. The summed E-state index contributed by atoms with van der Waals surface area (Å²) >= 11 is 0. The van der Waals surface area contributed by atoms with Gasteiger partial charge in [-0.1, -0.05) is 19.8 Å². The van der Waals surface area contributed by atoms with Gasteiger partial charge in [0.15, 0.2) is 18.1 Å². The van der Waals surface area contributed by atoms with E-state index in [4.69, 9.17) is 10.5 Å². The fraction of sp³-hybridized carbons (Fsp3) is 0.533. The van der Waals surface area contributed by atoms with Crippen LogP contribution in [0.3, 0.4) is 0 Å². The predicted molar refractivity (Wildman–Crippen MR) is 84.8 cm³/mol. The topological polar surface area (TPSA) is 136 Å². The lowest BCUT2D eigenvalue weighted by atomic mass is 9.86. The number of esters is 1. The molecule has 0 aromatic carbocycles. The summed E-state index contributed by atoms with van der Waals surface area (Å²) in [4.78, 5) is 42.6. The van der Waals surface area contributed by atoms with Gasteiger partial charge < -0.3 is 15.8 Å². The largest absolute Gasteiger partial charge is 0.451 e. The highest BCUT2D eigenvalue weighted by molar-refractivity contribution is 5.97. The summed E-state index contributed by atoms with van der Waals surface area (Å²) in [6.07, 6.45) is 6.77. The third-order valence-electron chi connectivity index (χ3n) is 3.94. The molecule has 3 amide bonds. The van der Waals surface area contributed by atoms with Crippen LogP contribution in [-0.2, 0) is 9.53 Å². The lowest BCUT2D eigenvalue weighted by molar-refractivity contribution is -0.123. The minimum atomic E-state index is -0.878. The number of rotatable bonds is 4. The van der Waals surface area contributed by atoms with Crippen molar-refractivity contribution in [3.05, 3.63) is 18.1 Å². The Kier molecular flexibility index (Phi) is 6.05. The van der Waals surface area contributed by atoms with Crippen LogP contribution in [0.5, 0.6) is 0 Å². The van der Waals surface area contributed by atoms with Crippen LogP contribution < -0.4 is 16.4 Å². The first kappa shape index (κ1) is 17.6. The lowest BCUT2D eigenvalue weighted by Crippen LogP contribution is -2.48. The summed E-state index contributed by atoms with van der Waals surface area (Å²) in [5, 5.41) is 4.91. The smallest absolute Gasteiger partial charge is 0.361 e. The van der Waals surface area contributed by atoms with Gasteiger partial charge in [-0.25, -0.2) is 19.6 Å². The Morgan fingerprint density at radius 1 is 1.25 bits per heavy atom. The van der Waals surface area contributed by atoms with Crippen molar-refractivity contribution in [2.75, 3.05) is 12.3 Å². The summed E-state index contributed by atoms with van der Waals surface area (Å²) < 4.78 is 4.77. The molecule has 9 nitrogen and oxygen atoms in total. The van der Waals surface area contributed by atoms with Gasteiger partial charge in [-0.2, -0.15) is 0 Å². The molecule has 2 rings (SSSR count). The van der Waals surface area contributed by atoms with Crippen molar-refractivity contribution in [2.24, 2.45) is 5.92 Å². The molecule has 1 aliphatic carbocycles. The molecule has 4 N–H and O–H groups in total. The highest BCUT2D eigenvalue weighted by Gasteiger charge is 2.23. The van der Waals surface area contributed by atoms with Crippen molar-refractivity contribution >= 4 is 23.7 Å². The fourth-order valence-electron chi connectivity index (χ4n) is 2.60. The molecule has 2 atom stereocenters. The Morgan fingerprint density at radius 2 is 1.96 bits per heavy atom. The SMILES string of the molecule is C[C@@H]1CCCC[C@H]1NC(=O)NC(=O)COC(=O)c1nccnc1N. The van der Waals surface area contributed by atoms with Crippen molar-refractivity contribution in [2.45, 2.75) is 38.6 Å². The number of nitrogen functional groups attached to an aromatic ring is 1. The number of nitrogens with one attached hydrogen (secondary N) is 2. The fourth-order valence-corrected chi connectivity index (χ4v) is 2.60. The van der Waals surface area contributed by atoms with E-state index in [1.807, 2.05) is 0 Å². The third-order valence-corrected chi connectivity index (χ3v) is 3.94. The minimum absolute atomic E-state index is 0.0495. The van der Waals surface area contributed by atoms with Crippen LogP contribution in [0, 0.1) is 5.92 Å². The molecule has 0 aliphatic heterocycles. The molecule has 130 valence electrons. The summed E-state index contributed by atoms with van der Waals surface area (Å²) in [5.74, 6) is -1.33. The number of carbonyl (C=O) groups excluding carboxylic acids is 3. The Labute approximate surface area is 139 Å². The molecule has 0 radical (unpaired) electrons. The van der Waals surface area contributed by atoms with Crippen LogP contribution in [0.15, 0.2) is 12.4 Å². The van der Waals surface area contributed by atoms with Gasteiger partial charge in [-0.3, -0.25) is 10.1 Å². The molecule has 1 fully saturated rings. The number of imide groups is 1. The van der Waals surface area contributed by atoms with Crippen molar-refractivity contribution in [3.63, 3.8) is 0 Å². The molecule has 9 heteroatoms. The molecular formula is C15H21N5O4. The number of carbonyl (C=O) groups is 3. The Morgan fingerprint density at radius 3 is 2.67 bits per heavy atom. The maximum Gasteiger partial charge on any atom is 0.361 e. The maximum absolute atomic E-state index is 11.8. The average Bonchev–Trinajstić information content (AvgIpc) is 2.55. The molecule has 1 saturated carbocycles. The first-order valence-electron chi connectivity index (χ1n) is 7.81. The van der Waals surface area contributed by atoms with Crippen LogP contribution in [0.25, 0.3) is 0 Å². The quantitative estimate of drug-likeness (QED) is 0.686. The van der Waals surface area contributed by atoms with E-state index in [2.05, 4.69) is 27.5 Å². The van der Waals surface area contributed by atoms with E-state index < -0.39 is 24.5 Å². The molecule has 0 saturated heterocycles. The van der Waals surface area contributed by atoms with Crippen molar-refractivity contribution < 1.29 is 19.1 Å². The molecule has 1 aliphatic rings. The van der Waals surface area contributed by atoms with Gasteiger partial charge in [0.05, 0.1) is 0 Å². The monoisotopic (exact) mass is 335 g/mol. The molecule has 1 heterocycles. The second-order valence-corrected chi connectivity index (χ2v) is 5.76. The van der Waals surface area contributed by atoms with Crippen molar-refractivity contribution in [3.8, 4) is 0 Å². The molecule has 0 unspecified atom stereocenters. The highest BCUT2D eigenvalue weighted by atomic mass is 16.5. The number of nitrogens with zero attached hydrogens (tertiary/aromatic N) is 2. The number of ether oxygens (including phenoxy) is 1. The standard InChI is InChI=1S/C15H21N5O4/c1-9-4-2-3-5-10(9)19-15(23)20-11(21)8-24-14(22)12-13(16)18-7-6-17-12/h6-7,9-10H,2-5,8H2,1H3,(H2,16,18)(H2,19,20,21,23)/t9-,10-/m1/s1. The predicted octanol–water partition coefficient (Wildman–Crippen LogP) is 0.620. The molecular weight excluding hydrogens is 314 g/mol. The lowest BCUT2D eigenvalue weighted by Gasteiger charge is -2.29. The normalized spacial score (nSPS) is 20.0. The second kappa shape index (κ2) is 8.23. The Balaban J connectivity index is 1.75. The average molecular weight is 335 g/mol. The summed E-state index contributed by atoms with van der Waals surface area (Å²) in [6.45, 7) is 1.46. The van der Waals surface area contributed by atoms with Gasteiger partial charge in [0.1, 0.15) is 0 Å². The van der Waals surface area contributed by atoms with Crippen molar-refractivity contribution in [1.82, 2.24) is 20.6 Å². The zero-order valence-corrected chi connectivity index (χ0v) is 13.4. The first-order valence-corrected chi connectivity index (χ1v) is 7.81. The van der Waals surface area contributed by atoms with Gasteiger partial charge in [0, 0.05) is 18.4 Å². The van der Waals surface area contributed by atoms with E-state index in [-0.39, 0.29) is 17.6 Å². The molecule has 24 heavy (non-hydrogen) atoms. The summed E-state index contributed by atoms with van der Waals surface area (Å²) in [6, 6.07) is -0.540. The van der Waals surface area contributed by atoms with Crippen LogP contribution in [0.4, 0.5) is 10.6 Å². The maximum atomic E-state index is 11.8. The van der Waals surface area contributed by atoms with E-state index in [1.54, 1.807) is 0 Å². The number of hydrogen-bond donors (Lipinski definition) is 3. The van der Waals surface area contributed by atoms with Crippen LogP contribution in [0.1, 0.15) is 43.1 Å². The molecule has 0 spiro atoms. The van der Waals surface area contributed by atoms with Gasteiger partial charge in [-0.15, -0.1) is 0 Å². The number of hydrogen-bond acceptors (Lipinski definition) is 7. The van der Waals surface area contributed by atoms with Gasteiger partial charge >= 0.3 is 12.0 Å². The number of amides is 3. The number of anilines is 1.